The lowest BCUT2D eigenvalue weighted by molar-refractivity contribution is -0.122. The Bertz CT molecular complexity index is 963. The Morgan fingerprint density at radius 2 is 1.50 bits per heavy atom. The molecule has 0 fully saturated rings. The molecule has 152 valence electrons. The Balaban J connectivity index is 2.29. The second-order valence-corrected chi connectivity index (χ2v) is 9.51. The third kappa shape index (κ3) is 5.13. The van der Waals surface area contributed by atoms with Crippen molar-refractivity contribution in [2.24, 2.45) is 0 Å². The van der Waals surface area contributed by atoms with Crippen LogP contribution >= 0.6 is 0 Å². The quantitative estimate of drug-likeness (QED) is 0.795. The predicted molar refractivity (Wildman–Crippen MR) is 115 cm³/mol. The zero-order chi connectivity index (χ0) is 21.2. The first-order valence-electron chi connectivity index (χ1n) is 9.35. The van der Waals surface area contributed by atoms with Crippen molar-refractivity contribution in [3.8, 4) is 0 Å². The molecule has 0 aliphatic carbocycles. The lowest BCUT2D eigenvalue weighted by Gasteiger charge is -2.30. The Morgan fingerprint density at radius 1 is 0.929 bits per heavy atom. The van der Waals surface area contributed by atoms with Crippen molar-refractivity contribution in [2.45, 2.75) is 53.6 Å². The van der Waals surface area contributed by atoms with Crippen molar-refractivity contribution in [1.82, 2.24) is 5.32 Å². The van der Waals surface area contributed by atoms with Crippen molar-refractivity contribution in [2.75, 3.05) is 10.6 Å². The monoisotopic (exact) mass is 402 g/mol. The molecule has 2 aromatic carbocycles. The summed E-state index contributed by atoms with van der Waals surface area (Å²) in [5.41, 5.74) is 5.72. The fourth-order valence-corrected chi connectivity index (χ4v) is 4.50. The van der Waals surface area contributed by atoms with Gasteiger partial charge in [-0.25, -0.2) is 8.42 Å². The van der Waals surface area contributed by atoms with E-state index in [1.807, 2.05) is 58.9 Å². The third-order valence-electron chi connectivity index (χ3n) is 4.94. The smallest absolute Gasteiger partial charge is 0.244 e. The lowest BCUT2D eigenvalue weighted by Crippen LogP contribution is -2.48. The number of hydrogen-bond donors (Lipinski definition) is 1. The number of rotatable bonds is 6. The highest BCUT2D eigenvalue weighted by atomic mass is 32.2. The summed E-state index contributed by atoms with van der Waals surface area (Å²) in [6.07, 6.45) is 1.13. The molecule has 6 heteroatoms. The maximum absolute atomic E-state index is 12.9. The van der Waals surface area contributed by atoms with Crippen LogP contribution in [0.3, 0.4) is 0 Å². The first-order chi connectivity index (χ1) is 12.9. The SMILES string of the molecule is Cc1cc(C)cc(N([C@H](C)C(=O)N[C@H](C)c2ccc(C)c(C)c2)S(C)(=O)=O)c1. The summed E-state index contributed by atoms with van der Waals surface area (Å²) in [6, 6.07) is 10.5. The number of carbonyl (C=O) groups excluding carboxylic acids is 1. The molecule has 0 radical (unpaired) electrons. The predicted octanol–water partition coefficient (Wildman–Crippen LogP) is 3.95. The van der Waals surface area contributed by atoms with Crippen molar-refractivity contribution in [3.05, 3.63) is 64.2 Å². The Labute approximate surface area is 168 Å². The van der Waals surface area contributed by atoms with Gasteiger partial charge in [-0.15, -0.1) is 0 Å². The minimum Gasteiger partial charge on any atom is -0.348 e. The van der Waals surface area contributed by atoms with Crippen LogP contribution in [0.25, 0.3) is 0 Å². The standard InChI is InChI=1S/C22H30N2O3S/c1-14-10-15(2)12-21(11-14)24(28(7,26)27)19(6)22(25)23-18(5)20-9-8-16(3)17(4)13-20/h8-13,18-19H,1-7H3,(H,23,25)/t18-,19-/m1/s1. The van der Waals surface area contributed by atoms with Gasteiger partial charge >= 0.3 is 0 Å². The molecule has 28 heavy (non-hydrogen) atoms. The highest BCUT2D eigenvalue weighted by molar-refractivity contribution is 7.92. The minimum absolute atomic E-state index is 0.227. The molecule has 5 nitrogen and oxygen atoms in total. The largest absolute Gasteiger partial charge is 0.348 e. The van der Waals surface area contributed by atoms with Gasteiger partial charge in [-0.05, 0) is 81.5 Å². The van der Waals surface area contributed by atoms with Crippen molar-refractivity contribution < 1.29 is 13.2 Å². The van der Waals surface area contributed by atoms with E-state index in [4.69, 9.17) is 0 Å². The van der Waals surface area contributed by atoms with E-state index in [2.05, 4.69) is 5.32 Å². The number of benzene rings is 2. The van der Waals surface area contributed by atoms with Crippen molar-refractivity contribution in [1.29, 1.82) is 0 Å². The topological polar surface area (TPSA) is 66.5 Å². The summed E-state index contributed by atoms with van der Waals surface area (Å²) >= 11 is 0. The fraction of sp³-hybridized carbons (Fsp3) is 0.409. The third-order valence-corrected chi connectivity index (χ3v) is 6.18. The maximum Gasteiger partial charge on any atom is 0.244 e. The van der Waals surface area contributed by atoms with Crippen LogP contribution in [0.4, 0.5) is 5.69 Å². The average molecular weight is 403 g/mol. The lowest BCUT2D eigenvalue weighted by atomic mass is 10.0. The van der Waals surface area contributed by atoms with E-state index in [1.165, 1.54) is 9.87 Å². The van der Waals surface area contributed by atoms with Gasteiger partial charge in [-0.3, -0.25) is 9.10 Å². The van der Waals surface area contributed by atoms with Crippen LogP contribution in [0.1, 0.15) is 47.7 Å². The number of carbonyl (C=O) groups is 1. The van der Waals surface area contributed by atoms with Crippen LogP contribution in [-0.4, -0.2) is 26.6 Å². The second kappa shape index (κ2) is 8.35. The van der Waals surface area contributed by atoms with Crippen LogP contribution < -0.4 is 9.62 Å². The highest BCUT2D eigenvalue weighted by Gasteiger charge is 2.30. The maximum atomic E-state index is 12.9. The van der Waals surface area contributed by atoms with E-state index in [0.717, 1.165) is 28.5 Å². The normalized spacial score (nSPS) is 13.7. The number of amides is 1. The van der Waals surface area contributed by atoms with Crippen LogP contribution in [0.5, 0.6) is 0 Å². The summed E-state index contributed by atoms with van der Waals surface area (Å²) < 4.78 is 26.2. The van der Waals surface area contributed by atoms with Gasteiger partial charge in [-0.2, -0.15) is 0 Å². The molecule has 0 aliphatic heterocycles. The van der Waals surface area contributed by atoms with Gasteiger partial charge in [0, 0.05) is 0 Å². The average Bonchev–Trinajstić information content (AvgIpc) is 2.55. The molecular formula is C22H30N2O3S. The number of sulfonamides is 1. The van der Waals surface area contributed by atoms with Crippen molar-refractivity contribution >= 4 is 21.6 Å². The van der Waals surface area contributed by atoms with Gasteiger partial charge < -0.3 is 5.32 Å². The van der Waals surface area contributed by atoms with E-state index in [0.29, 0.717) is 5.69 Å². The molecular weight excluding hydrogens is 372 g/mol. The molecule has 0 aromatic heterocycles. The van der Waals surface area contributed by atoms with E-state index in [-0.39, 0.29) is 11.9 Å². The zero-order valence-corrected chi connectivity index (χ0v) is 18.5. The van der Waals surface area contributed by atoms with Gasteiger partial charge in [0.25, 0.3) is 0 Å². The van der Waals surface area contributed by atoms with Gasteiger partial charge in [-0.1, -0.05) is 24.3 Å². The number of hydrogen-bond acceptors (Lipinski definition) is 3. The zero-order valence-electron chi connectivity index (χ0n) is 17.7. The van der Waals surface area contributed by atoms with Gasteiger partial charge in [0.1, 0.15) is 6.04 Å². The summed E-state index contributed by atoms with van der Waals surface area (Å²) in [4.78, 5) is 12.9. The van der Waals surface area contributed by atoms with Crippen LogP contribution in [-0.2, 0) is 14.8 Å². The molecule has 1 amide bonds. The fourth-order valence-electron chi connectivity index (χ4n) is 3.34. The number of aryl methyl sites for hydroxylation is 4. The van der Waals surface area contributed by atoms with E-state index >= 15 is 0 Å². The molecule has 0 aliphatic rings. The highest BCUT2D eigenvalue weighted by Crippen LogP contribution is 2.24. The number of anilines is 1. The van der Waals surface area contributed by atoms with Crippen LogP contribution in [0.2, 0.25) is 0 Å². The molecule has 0 saturated carbocycles. The van der Waals surface area contributed by atoms with Gasteiger partial charge in [0.05, 0.1) is 18.0 Å². The van der Waals surface area contributed by atoms with Gasteiger partial charge in [0.15, 0.2) is 0 Å². The molecule has 0 heterocycles. The minimum atomic E-state index is -3.64. The molecule has 0 bridgehead atoms. The second-order valence-electron chi connectivity index (χ2n) is 7.65. The van der Waals surface area contributed by atoms with Crippen LogP contribution in [0.15, 0.2) is 36.4 Å². The first kappa shape index (κ1) is 22.0. The van der Waals surface area contributed by atoms with E-state index in [1.54, 1.807) is 19.1 Å². The molecule has 0 unspecified atom stereocenters. The molecule has 1 N–H and O–H groups in total. The van der Waals surface area contributed by atoms with Crippen LogP contribution in [0, 0.1) is 27.7 Å². The number of nitrogens with zero attached hydrogens (tertiary/aromatic N) is 1. The Hall–Kier alpha value is -2.34. The molecule has 0 spiro atoms. The van der Waals surface area contributed by atoms with Gasteiger partial charge in [0.2, 0.25) is 15.9 Å². The summed E-state index contributed by atoms with van der Waals surface area (Å²) in [7, 11) is -3.64. The Kier molecular flexibility index (Phi) is 6.55. The summed E-state index contributed by atoms with van der Waals surface area (Å²) in [5.74, 6) is -0.338. The molecule has 2 aromatic rings. The molecule has 0 saturated heterocycles. The Morgan fingerprint density at radius 3 is 2.00 bits per heavy atom. The summed E-state index contributed by atoms with van der Waals surface area (Å²) in [6.45, 7) is 11.4. The summed E-state index contributed by atoms with van der Waals surface area (Å²) in [5, 5.41) is 2.95. The van der Waals surface area contributed by atoms with E-state index < -0.39 is 16.1 Å². The molecule has 2 atom stereocenters. The number of nitrogens with one attached hydrogen (secondary N) is 1. The van der Waals surface area contributed by atoms with E-state index in [9.17, 15) is 13.2 Å². The van der Waals surface area contributed by atoms with Crippen molar-refractivity contribution in [3.63, 3.8) is 0 Å². The first-order valence-corrected chi connectivity index (χ1v) is 11.2. The molecule has 2 rings (SSSR count).